The Morgan fingerprint density at radius 2 is 2.25 bits per heavy atom. The van der Waals surface area contributed by atoms with Crippen LogP contribution < -0.4 is 5.32 Å². The average molecular weight is 397 g/mol. The van der Waals surface area contributed by atoms with Gasteiger partial charge in [-0.1, -0.05) is 13.8 Å². The van der Waals surface area contributed by atoms with Gasteiger partial charge < -0.3 is 15.0 Å². The molecule has 0 amide bonds. The third-order valence-corrected chi connectivity index (χ3v) is 3.41. The molecule has 1 saturated heterocycles. The molecule has 20 heavy (non-hydrogen) atoms. The standard InChI is InChI=1S/C14H27N3O2.HI/c1-5-15-14(16-9-12(3)13(18)19-4)17-8-6-7-11(2)10-17;/h11-12H,5-10H2,1-4H3,(H,15,16);1H. The normalized spacial score (nSPS) is 20.9. The van der Waals surface area contributed by atoms with Gasteiger partial charge in [0.15, 0.2) is 5.96 Å². The molecule has 0 aromatic heterocycles. The first-order valence-corrected chi connectivity index (χ1v) is 7.19. The first-order valence-electron chi connectivity index (χ1n) is 7.19. The number of carbonyl (C=O) groups excluding carboxylic acids is 1. The number of hydrogen-bond acceptors (Lipinski definition) is 3. The van der Waals surface area contributed by atoms with Gasteiger partial charge in [0, 0.05) is 19.6 Å². The van der Waals surface area contributed by atoms with E-state index in [4.69, 9.17) is 4.74 Å². The van der Waals surface area contributed by atoms with E-state index in [9.17, 15) is 4.79 Å². The van der Waals surface area contributed by atoms with Gasteiger partial charge >= 0.3 is 5.97 Å². The average Bonchev–Trinajstić information content (AvgIpc) is 2.42. The van der Waals surface area contributed by atoms with E-state index in [-0.39, 0.29) is 35.9 Å². The molecule has 118 valence electrons. The molecule has 1 aliphatic rings. The van der Waals surface area contributed by atoms with E-state index in [0.29, 0.717) is 12.5 Å². The van der Waals surface area contributed by atoms with Gasteiger partial charge in [-0.05, 0) is 25.7 Å². The van der Waals surface area contributed by atoms with Crippen molar-refractivity contribution in [2.24, 2.45) is 16.8 Å². The first kappa shape index (κ1) is 19.5. The van der Waals surface area contributed by atoms with Crippen molar-refractivity contribution in [3.05, 3.63) is 0 Å². The number of ether oxygens (including phenoxy) is 1. The number of guanidine groups is 1. The highest BCUT2D eigenvalue weighted by atomic mass is 127. The number of piperidine rings is 1. The molecule has 2 atom stereocenters. The highest BCUT2D eigenvalue weighted by Gasteiger charge is 2.20. The first-order chi connectivity index (χ1) is 9.08. The Labute approximate surface area is 139 Å². The second-order valence-corrected chi connectivity index (χ2v) is 5.31. The number of hydrogen-bond donors (Lipinski definition) is 1. The van der Waals surface area contributed by atoms with Crippen LogP contribution in [-0.2, 0) is 9.53 Å². The SMILES string of the molecule is CCNC(=NCC(C)C(=O)OC)N1CCCC(C)C1.I. The predicted octanol–water partition coefficient (Wildman–Crippen LogP) is 2.11. The van der Waals surface area contributed by atoms with Gasteiger partial charge in [0.2, 0.25) is 0 Å². The summed E-state index contributed by atoms with van der Waals surface area (Å²) < 4.78 is 4.72. The van der Waals surface area contributed by atoms with Crippen LogP contribution >= 0.6 is 24.0 Å². The number of nitrogens with zero attached hydrogens (tertiary/aromatic N) is 2. The number of halogens is 1. The highest BCUT2D eigenvalue weighted by molar-refractivity contribution is 14.0. The lowest BCUT2D eigenvalue weighted by atomic mass is 10.0. The van der Waals surface area contributed by atoms with Crippen LogP contribution in [0, 0.1) is 11.8 Å². The Morgan fingerprint density at radius 3 is 2.80 bits per heavy atom. The lowest BCUT2D eigenvalue weighted by molar-refractivity contribution is -0.144. The maximum Gasteiger partial charge on any atom is 0.310 e. The van der Waals surface area contributed by atoms with Crippen LogP contribution in [0.3, 0.4) is 0 Å². The second kappa shape index (κ2) is 10.2. The van der Waals surface area contributed by atoms with Crippen LogP contribution in [0.15, 0.2) is 4.99 Å². The molecule has 0 aromatic rings. The maximum absolute atomic E-state index is 11.4. The minimum Gasteiger partial charge on any atom is -0.469 e. The van der Waals surface area contributed by atoms with E-state index >= 15 is 0 Å². The zero-order valence-electron chi connectivity index (χ0n) is 13.0. The molecule has 6 heteroatoms. The summed E-state index contributed by atoms with van der Waals surface area (Å²) in [5.74, 6) is 1.23. The van der Waals surface area contributed by atoms with Crippen LogP contribution in [-0.4, -0.2) is 50.1 Å². The number of esters is 1. The van der Waals surface area contributed by atoms with E-state index < -0.39 is 0 Å². The summed E-state index contributed by atoms with van der Waals surface area (Å²) >= 11 is 0. The number of likely N-dealkylation sites (tertiary alicyclic amines) is 1. The van der Waals surface area contributed by atoms with Crippen LogP contribution in [0.4, 0.5) is 0 Å². The van der Waals surface area contributed by atoms with E-state index in [0.717, 1.165) is 25.6 Å². The summed E-state index contributed by atoms with van der Waals surface area (Å²) in [5.41, 5.74) is 0. The zero-order valence-corrected chi connectivity index (χ0v) is 15.3. The van der Waals surface area contributed by atoms with Crippen molar-refractivity contribution < 1.29 is 9.53 Å². The number of carbonyl (C=O) groups is 1. The van der Waals surface area contributed by atoms with E-state index in [1.54, 1.807) is 0 Å². The van der Waals surface area contributed by atoms with Crippen molar-refractivity contribution in [1.82, 2.24) is 10.2 Å². The van der Waals surface area contributed by atoms with Gasteiger partial charge in [-0.3, -0.25) is 9.79 Å². The van der Waals surface area contributed by atoms with Crippen LogP contribution in [0.1, 0.15) is 33.6 Å². The summed E-state index contributed by atoms with van der Waals surface area (Å²) in [5, 5.41) is 3.31. The third kappa shape index (κ3) is 6.28. The van der Waals surface area contributed by atoms with Gasteiger partial charge in [-0.2, -0.15) is 0 Å². The molecule has 0 bridgehead atoms. The van der Waals surface area contributed by atoms with E-state index in [2.05, 4.69) is 29.1 Å². The molecule has 1 aliphatic heterocycles. The minimum atomic E-state index is -0.202. The lowest BCUT2D eigenvalue weighted by Crippen LogP contribution is -2.46. The molecule has 0 saturated carbocycles. The molecule has 2 unspecified atom stereocenters. The molecule has 0 radical (unpaired) electrons. The van der Waals surface area contributed by atoms with Crippen molar-refractivity contribution in [2.75, 3.05) is 33.3 Å². The second-order valence-electron chi connectivity index (χ2n) is 5.31. The molecule has 5 nitrogen and oxygen atoms in total. The van der Waals surface area contributed by atoms with Crippen LogP contribution in [0.5, 0.6) is 0 Å². The zero-order chi connectivity index (χ0) is 14.3. The van der Waals surface area contributed by atoms with Crippen LogP contribution in [0.25, 0.3) is 0 Å². The van der Waals surface area contributed by atoms with Crippen LogP contribution in [0.2, 0.25) is 0 Å². The van der Waals surface area contributed by atoms with Gasteiger partial charge in [-0.25, -0.2) is 0 Å². The monoisotopic (exact) mass is 397 g/mol. The Bertz CT molecular complexity index is 324. The topological polar surface area (TPSA) is 53.9 Å². The number of aliphatic imine (C=N–C) groups is 1. The van der Waals surface area contributed by atoms with Gasteiger partial charge in [0.25, 0.3) is 0 Å². The predicted molar refractivity (Wildman–Crippen MR) is 92.5 cm³/mol. The number of methoxy groups -OCH3 is 1. The van der Waals surface area contributed by atoms with Crippen molar-refractivity contribution in [3.8, 4) is 0 Å². The van der Waals surface area contributed by atoms with Gasteiger partial charge in [0.05, 0.1) is 19.6 Å². The van der Waals surface area contributed by atoms with E-state index in [1.807, 2.05) is 6.92 Å². The highest BCUT2D eigenvalue weighted by Crippen LogP contribution is 2.15. The molecule has 1 N–H and O–H groups in total. The smallest absolute Gasteiger partial charge is 0.310 e. The summed E-state index contributed by atoms with van der Waals surface area (Å²) in [6.07, 6.45) is 2.49. The molecule has 1 fully saturated rings. The fourth-order valence-corrected chi connectivity index (χ4v) is 2.31. The molecule has 0 spiro atoms. The van der Waals surface area contributed by atoms with Crippen molar-refractivity contribution in [3.63, 3.8) is 0 Å². The van der Waals surface area contributed by atoms with Crippen molar-refractivity contribution in [1.29, 1.82) is 0 Å². The Kier molecular flexibility index (Phi) is 9.96. The summed E-state index contributed by atoms with van der Waals surface area (Å²) in [6.45, 7) is 9.58. The summed E-state index contributed by atoms with van der Waals surface area (Å²) in [4.78, 5) is 18.2. The van der Waals surface area contributed by atoms with Gasteiger partial charge in [-0.15, -0.1) is 24.0 Å². The van der Waals surface area contributed by atoms with Crippen molar-refractivity contribution in [2.45, 2.75) is 33.6 Å². The fraction of sp³-hybridized carbons (Fsp3) is 0.857. The Hall–Kier alpha value is -0.530. The maximum atomic E-state index is 11.4. The van der Waals surface area contributed by atoms with E-state index in [1.165, 1.54) is 20.0 Å². The quantitative estimate of drug-likeness (QED) is 0.342. The molecule has 1 heterocycles. The minimum absolute atomic E-state index is 0. The molecule has 0 aromatic carbocycles. The number of nitrogens with one attached hydrogen (secondary N) is 1. The Morgan fingerprint density at radius 1 is 1.55 bits per heavy atom. The third-order valence-electron chi connectivity index (χ3n) is 3.41. The largest absolute Gasteiger partial charge is 0.469 e. The fourth-order valence-electron chi connectivity index (χ4n) is 2.31. The molecular weight excluding hydrogens is 369 g/mol. The molecule has 1 rings (SSSR count). The van der Waals surface area contributed by atoms with Crippen molar-refractivity contribution >= 4 is 35.9 Å². The summed E-state index contributed by atoms with van der Waals surface area (Å²) in [6, 6.07) is 0. The summed E-state index contributed by atoms with van der Waals surface area (Å²) in [7, 11) is 1.42. The molecule has 0 aliphatic carbocycles. The number of rotatable bonds is 4. The molecular formula is C14H28IN3O2. The lowest BCUT2D eigenvalue weighted by Gasteiger charge is -2.33. The van der Waals surface area contributed by atoms with Gasteiger partial charge in [0.1, 0.15) is 0 Å². The Balaban J connectivity index is 0.00000361.